The minimum atomic E-state index is -0.395. The second-order valence-corrected chi connectivity index (χ2v) is 7.97. The Morgan fingerprint density at radius 1 is 1.15 bits per heavy atom. The molecule has 2 aromatic heterocycles. The van der Waals surface area contributed by atoms with Gasteiger partial charge in [-0.15, -0.1) is 10.2 Å². The Hall–Kier alpha value is -2.61. The van der Waals surface area contributed by atoms with Crippen LogP contribution in [0, 0.1) is 13.8 Å². The van der Waals surface area contributed by atoms with E-state index in [0.29, 0.717) is 16.9 Å². The van der Waals surface area contributed by atoms with Crippen molar-refractivity contribution in [2.24, 2.45) is 0 Å². The third-order valence-corrected chi connectivity index (χ3v) is 5.15. The molecule has 3 rings (SSSR count). The van der Waals surface area contributed by atoms with Gasteiger partial charge in [0, 0.05) is 17.7 Å². The second kappa shape index (κ2) is 7.96. The fraction of sp³-hybridized carbons (Fsp3) is 0.368. The molecular weight excluding hydrogens is 362 g/mol. The lowest BCUT2D eigenvalue weighted by atomic mass is 10.1. The number of hydrogen-bond donors (Lipinski definition) is 1. The van der Waals surface area contributed by atoms with Crippen molar-refractivity contribution in [1.82, 2.24) is 20.0 Å². The number of nitrogens with zero attached hydrogens (tertiary/aromatic N) is 4. The van der Waals surface area contributed by atoms with Crippen LogP contribution in [0.1, 0.15) is 37.9 Å². The number of aromatic nitrogens is 4. The largest absolute Gasteiger partial charge is 0.411 e. The summed E-state index contributed by atoms with van der Waals surface area (Å²) >= 11 is 1.23. The number of hydrogen-bond acceptors (Lipinski definition) is 6. The number of aryl methyl sites for hydroxylation is 2. The summed E-state index contributed by atoms with van der Waals surface area (Å²) in [6, 6.07) is 7.93. The molecule has 0 unspecified atom stereocenters. The van der Waals surface area contributed by atoms with Crippen LogP contribution < -0.4 is 5.32 Å². The highest BCUT2D eigenvalue weighted by atomic mass is 32.2. The van der Waals surface area contributed by atoms with E-state index in [-0.39, 0.29) is 11.9 Å². The summed E-state index contributed by atoms with van der Waals surface area (Å²) in [6.45, 7) is 9.91. The minimum Gasteiger partial charge on any atom is -0.411 e. The molecule has 1 amide bonds. The van der Waals surface area contributed by atoms with E-state index in [2.05, 4.69) is 27.5 Å². The first-order valence-corrected chi connectivity index (χ1v) is 9.65. The lowest BCUT2D eigenvalue weighted by molar-refractivity contribution is -0.115. The first kappa shape index (κ1) is 19.2. The van der Waals surface area contributed by atoms with Crippen LogP contribution in [0.25, 0.3) is 11.5 Å². The van der Waals surface area contributed by atoms with Crippen LogP contribution in [0.15, 0.2) is 40.1 Å². The van der Waals surface area contributed by atoms with Gasteiger partial charge in [-0.05, 0) is 57.9 Å². The van der Waals surface area contributed by atoms with E-state index >= 15 is 0 Å². The fourth-order valence-electron chi connectivity index (χ4n) is 2.51. The van der Waals surface area contributed by atoms with Gasteiger partial charge in [0.2, 0.25) is 11.8 Å². The molecule has 0 spiro atoms. The number of benzene rings is 1. The maximum absolute atomic E-state index is 12.5. The van der Waals surface area contributed by atoms with Gasteiger partial charge < -0.3 is 9.73 Å². The molecule has 0 radical (unpaired) electrons. The summed E-state index contributed by atoms with van der Waals surface area (Å²) in [4.78, 5) is 12.5. The van der Waals surface area contributed by atoms with Crippen molar-refractivity contribution in [3.63, 3.8) is 0 Å². The van der Waals surface area contributed by atoms with Crippen molar-refractivity contribution in [2.75, 3.05) is 5.32 Å². The van der Waals surface area contributed by atoms with Gasteiger partial charge in [-0.25, -0.2) is 4.68 Å². The number of anilines is 1. The predicted octanol–water partition coefficient (Wildman–Crippen LogP) is 4.25. The van der Waals surface area contributed by atoms with Crippen LogP contribution in [-0.4, -0.2) is 31.1 Å². The lowest BCUT2D eigenvalue weighted by Crippen LogP contribution is -2.24. The molecule has 2 heterocycles. The van der Waals surface area contributed by atoms with Gasteiger partial charge in [-0.3, -0.25) is 4.79 Å². The highest BCUT2D eigenvalue weighted by Crippen LogP contribution is 2.27. The van der Waals surface area contributed by atoms with Crippen molar-refractivity contribution in [3.8, 4) is 11.5 Å². The van der Waals surface area contributed by atoms with E-state index in [1.54, 1.807) is 23.9 Å². The molecule has 1 N–H and O–H groups in total. The van der Waals surface area contributed by atoms with Crippen molar-refractivity contribution < 1.29 is 9.21 Å². The molecule has 0 saturated carbocycles. The Morgan fingerprint density at radius 3 is 2.63 bits per heavy atom. The van der Waals surface area contributed by atoms with E-state index in [9.17, 15) is 4.79 Å². The van der Waals surface area contributed by atoms with E-state index in [0.717, 1.165) is 11.1 Å². The Balaban J connectivity index is 1.66. The van der Waals surface area contributed by atoms with Gasteiger partial charge in [0.25, 0.3) is 5.22 Å². The van der Waals surface area contributed by atoms with Gasteiger partial charge >= 0.3 is 0 Å². The highest BCUT2D eigenvalue weighted by molar-refractivity contribution is 8.00. The van der Waals surface area contributed by atoms with E-state index in [1.807, 2.05) is 39.0 Å². The molecule has 1 atom stereocenters. The zero-order valence-corrected chi connectivity index (χ0v) is 16.9. The van der Waals surface area contributed by atoms with Crippen molar-refractivity contribution in [2.45, 2.75) is 51.1 Å². The molecule has 0 bridgehead atoms. The zero-order chi connectivity index (χ0) is 19.6. The SMILES string of the molecule is Cc1ccc(-c2nnc(S[C@H](C)C(=O)Nc3ccnn3C(C)C)o2)cc1C. The summed E-state index contributed by atoms with van der Waals surface area (Å²) in [5.74, 6) is 0.975. The number of carbonyl (C=O) groups is 1. The fourth-order valence-corrected chi connectivity index (χ4v) is 3.19. The normalized spacial score (nSPS) is 12.4. The summed E-state index contributed by atoms with van der Waals surface area (Å²) in [7, 11) is 0. The number of thioether (sulfide) groups is 1. The number of rotatable bonds is 6. The van der Waals surface area contributed by atoms with Crippen LogP contribution in [0.5, 0.6) is 0 Å². The van der Waals surface area contributed by atoms with E-state index < -0.39 is 5.25 Å². The summed E-state index contributed by atoms with van der Waals surface area (Å²) in [5.41, 5.74) is 3.24. The molecule has 0 fully saturated rings. The summed E-state index contributed by atoms with van der Waals surface area (Å²) in [5, 5.41) is 15.2. The predicted molar refractivity (Wildman–Crippen MR) is 106 cm³/mol. The average molecular weight is 385 g/mol. The van der Waals surface area contributed by atoms with Crippen LogP contribution in [-0.2, 0) is 4.79 Å². The Bertz CT molecular complexity index is 947. The molecule has 142 valence electrons. The number of amides is 1. The molecule has 0 aliphatic heterocycles. The smallest absolute Gasteiger partial charge is 0.277 e. The van der Waals surface area contributed by atoms with E-state index in [1.165, 1.54) is 17.3 Å². The quantitative estimate of drug-likeness (QED) is 0.639. The summed E-state index contributed by atoms with van der Waals surface area (Å²) in [6.07, 6.45) is 1.67. The minimum absolute atomic E-state index is 0.145. The molecule has 27 heavy (non-hydrogen) atoms. The van der Waals surface area contributed by atoms with Crippen LogP contribution >= 0.6 is 11.8 Å². The third kappa shape index (κ3) is 4.39. The zero-order valence-electron chi connectivity index (χ0n) is 16.1. The van der Waals surface area contributed by atoms with Gasteiger partial charge in [0.05, 0.1) is 11.4 Å². The topological polar surface area (TPSA) is 85.8 Å². The molecular formula is C19H23N5O2S. The van der Waals surface area contributed by atoms with Gasteiger partial charge in [0.1, 0.15) is 5.82 Å². The molecule has 0 aliphatic carbocycles. The Labute approximate surface area is 162 Å². The molecule has 1 aromatic carbocycles. The van der Waals surface area contributed by atoms with Crippen LogP contribution in [0.3, 0.4) is 0 Å². The van der Waals surface area contributed by atoms with Gasteiger partial charge in [-0.2, -0.15) is 5.10 Å². The van der Waals surface area contributed by atoms with Crippen molar-refractivity contribution >= 4 is 23.5 Å². The Kier molecular flexibility index (Phi) is 5.65. The maximum Gasteiger partial charge on any atom is 0.277 e. The maximum atomic E-state index is 12.5. The van der Waals surface area contributed by atoms with Crippen LogP contribution in [0.2, 0.25) is 0 Å². The first-order chi connectivity index (χ1) is 12.8. The highest BCUT2D eigenvalue weighted by Gasteiger charge is 2.20. The van der Waals surface area contributed by atoms with E-state index in [4.69, 9.17) is 4.42 Å². The molecule has 7 nitrogen and oxygen atoms in total. The number of nitrogens with one attached hydrogen (secondary N) is 1. The second-order valence-electron chi connectivity index (χ2n) is 6.68. The van der Waals surface area contributed by atoms with Gasteiger partial charge in [0.15, 0.2) is 0 Å². The summed E-state index contributed by atoms with van der Waals surface area (Å²) < 4.78 is 7.49. The Morgan fingerprint density at radius 2 is 1.93 bits per heavy atom. The monoisotopic (exact) mass is 385 g/mol. The molecule has 3 aromatic rings. The molecule has 0 aliphatic rings. The number of carbonyl (C=O) groups excluding carboxylic acids is 1. The third-order valence-electron chi connectivity index (χ3n) is 4.22. The molecule has 8 heteroatoms. The van der Waals surface area contributed by atoms with Crippen molar-refractivity contribution in [3.05, 3.63) is 41.6 Å². The standard InChI is InChI=1S/C19H23N5O2S/c1-11(2)24-16(8-9-20-24)21-17(25)14(5)27-19-23-22-18(26-19)15-7-6-12(3)13(4)10-15/h6-11,14H,1-5H3,(H,21,25)/t14-/m1/s1. The first-order valence-electron chi connectivity index (χ1n) is 8.77. The lowest BCUT2D eigenvalue weighted by Gasteiger charge is -2.13. The van der Waals surface area contributed by atoms with Crippen molar-refractivity contribution in [1.29, 1.82) is 0 Å². The van der Waals surface area contributed by atoms with Crippen LogP contribution in [0.4, 0.5) is 5.82 Å². The van der Waals surface area contributed by atoms with Gasteiger partial charge in [-0.1, -0.05) is 17.8 Å². The average Bonchev–Trinajstić information content (AvgIpc) is 3.26. The molecule has 0 saturated heterocycles.